The summed E-state index contributed by atoms with van der Waals surface area (Å²) in [6.07, 6.45) is 1.48. The van der Waals surface area contributed by atoms with Gasteiger partial charge in [0.05, 0.1) is 8.07 Å². The molecule has 20 heavy (non-hydrogen) atoms. The highest BCUT2D eigenvalue weighted by Gasteiger charge is 2.41. The molecule has 1 rings (SSSR count). The van der Waals surface area contributed by atoms with Crippen LogP contribution in [0.4, 0.5) is 0 Å². The summed E-state index contributed by atoms with van der Waals surface area (Å²) in [5, 5.41) is 4.17. The first-order chi connectivity index (χ1) is 9.32. The van der Waals surface area contributed by atoms with Gasteiger partial charge in [0.15, 0.2) is 0 Å². The predicted octanol–water partition coefficient (Wildman–Crippen LogP) is 3.52. The molecule has 0 aromatic heterocycles. The first-order valence-corrected chi connectivity index (χ1v) is 10.4. The fourth-order valence-corrected chi connectivity index (χ4v) is 8.00. The molecule has 2 nitrogen and oxygen atoms in total. The van der Waals surface area contributed by atoms with Gasteiger partial charge in [-0.05, 0) is 17.7 Å². The minimum absolute atomic E-state index is 0.00475. The molecule has 0 fully saturated rings. The van der Waals surface area contributed by atoms with Gasteiger partial charge in [-0.25, -0.2) is 0 Å². The maximum absolute atomic E-state index is 12.2. The molecule has 0 bridgehead atoms. The number of benzene rings is 1. The zero-order chi connectivity index (χ0) is 15.3. The minimum atomic E-state index is -1.72. The van der Waals surface area contributed by atoms with Crippen LogP contribution in [0, 0.1) is 11.8 Å². The first kappa shape index (κ1) is 16.7. The fourth-order valence-electron chi connectivity index (χ4n) is 3.49. The van der Waals surface area contributed by atoms with Gasteiger partial charge in [-0.1, -0.05) is 76.0 Å². The van der Waals surface area contributed by atoms with Crippen LogP contribution in [-0.2, 0) is 4.79 Å². The van der Waals surface area contributed by atoms with Gasteiger partial charge in [0.1, 0.15) is 0 Å². The van der Waals surface area contributed by atoms with Gasteiger partial charge < -0.3 is 5.32 Å². The van der Waals surface area contributed by atoms with E-state index in [1.807, 2.05) is 13.0 Å². The second kappa shape index (κ2) is 6.89. The molecule has 2 atom stereocenters. The van der Waals surface area contributed by atoms with E-state index >= 15 is 0 Å². The van der Waals surface area contributed by atoms with E-state index in [0.717, 1.165) is 0 Å². The molecule has 0 saturated carbocycles. The van der Waals surface area contributed by atoms with E-state index in [1.54, 1.807) is 0 Å². The van der Waals surface area contributed by atoms with E-state index < -0.39 is 8.07 Å². The molecule has 0 spiro atoms. The average Bonchev–Trinajstić information content (AvgIpc) is 2.39. The number of nitrogens with one attached hydrogen (secondary N) is 1. The van der Waals surface area contributed by atoms with Crippen molar-refractivity contribution in [2.75, 3.05) is 0 Å². The van der Waals surface area contributed by atoms with E-state index in [0.29, 0.717) is 11.5 Å². The fraction of sp³-hybridized carbons (Fsp3) is 0.471. The highest BCUT2D eigenvalue weighted by Crippen LogP contribution is 2.37. The summed E-state index contributed by atoms with van der Waals surface area (Å²) in [5.41, 5.74) is 0.393. The lowest BCUT2D eigenvalue weighted by Gasteiger charge is -2.39. The minimum Gasteiger partial charge on any atom is -0.333 e. The smallest absolute Gasteiger partial charge is 0.226 e. The van der Waals surface area contributed by atoms with Gasteiger partial charge in [-0.2, -0.15) is 0 Å². The van der Waals surface area contributed by atoms with Crippen molar-refractivity contribution in [3.8, 4) is 0 Å². The van der Waals surface area contributed by atoms with Crippen molar-refractivity contribution in [3.05, 3.63) is 43.1 Å². The Morgan fingerprint density at radius 2 is 1.75 bits per heavy atom. The lowest BCUT2D eigenvalue weighted by molar-refractivity contribution is -0.124. The van der Waals surface area contributed by atoms with E-state index in [4.69, 9.17) is 0 Å². The van der Waals surface area contributed by atoms with Crippen LogP contribution in [0.25, 0.3) is 0 Å². The Morgan fingerprint density at radius 3 is 2.20 bits per heavy atom. The Bertz CT molecular complexity index is 453. The van der Waals surface area contributed by atoms with Crippen molar-refractivity contribution in [1.82, 2.24) is 5.32 Å². The number of hydrogen-bond acceptors (Lipinski definition) is 1. The Morgan fingerprint density at radius 1 is 1.20 bits per heavy atom. The van der Waals surface area contributed by atoms with Gasteiger partial charge in [-0.3, -0.25) is 4.79 Å². The van der Waals surface area contributed by atoms with Crippen molar-refractivity contribution in [3.63, 3.8) is 0 Å². The van der Waals surface area contributed by atoms with Crippen LogP contribution in [0.2, 0.25) is 18.6 Å². The molecule has 0 saturated heterocycles. The third-order valence-corrected chi connectivity index (χ3v) is 8.92. The second-order valence-corrected chi connectivity index (χ2v) is 11.0. The molecule has 0 heterocycles. The normalized spacial score (nSPS) is 14.7. The summed E-state index contributed by atoms with van der Waals surface area (Å²) >= 11 is 0. The van der Waals surface area contributed by atoms with Crippen molar-refractivity contribution in [2.24, 2.45) is 11.8 Å². The van der Waals surface area contributed by atoms with Crippen molar-refractivity contribution in [1.29, 1.82) is 0 Å². The summed E-state index contributed by atoms with van der Waals surface area (Å²) in [6.45, 7) is 14.8. The maximum Gasteiger partial charge on any atom is 0.226 e. The van der Waals surface area contributed by atoms with Crippen LogP contribution < -0.4 is 10.5 Å². The molecule has 110 valence electrons. The number of amides is 1. The van der Waals surface area contributed by atoms with Gasteiger partial charge >= 0.3 is 0 Å². The Labute approximate surface area is 124 Å². The SMILES string of the molecule is C=CNC(=O)[C@@H](C)[C@H](C(C)C)[Si](C)(C)c1ccccc1. The van der Waals surface area contributed by atoms with Crippen LogP contribution in [0.3, 0.4) is 0 Å². The summed E-state index contributed by atoms with van der Waals surface area (Å²) in [5.74, 6) is 0.549. The van der Waals surface area contributed by atoms with E-state index in [2.05, 4.69) is 63.1 Å². The molecule has 1 N–H and O–H groups in total. The topological polar surface area (TPSA) is 29.1 Å². The summed E-state index contributed by atoms with van der Waals surface area (Å²) in [4.78, 5) is 12.2. The number of carbonyl (C=O) groups excluding carboxylic acids is 1. The van der Waals surface area contributed by atoms with Gasteiger partial charge in [-0.15, -0.1) is 0 Å². The largest absolute Gasteiger partial charge is 0.333 e. The zero-order valence-electron chi connectivity index (χ0n) is 13.3. The summed E-state index contributed by atoms with van der Waals surface area (Å²) in [7, 11) is -1.72. The van der Waals surface area contributed by atoms with Crippen LogP contribution in [0.1, 0.15) is 20.8 Å². The Hall–Kier alpha value is -1.35. The van der Waals surface area contributed by atoms with Crippen LogP contribution >= 0.6 is 0 Å². The highest BCUT2D eigenvalue weighted by molar-refractivity contribution is 6.91. The Balaban J connectivity index is 3.13. The van der Waals surface area contributed by atoms with Crippen LogP contribution in [-0.4, -0.2) is 14.0 Å². The molecule has 1 amide bonds. The quantitative estimate of drug-likeness (QED) is 0.798. The molecule has 1 aromatic rings. The molecule has 0 aliphatic carbocycles. The molecular formula is C17H27NOSi. The molecule has 0 radical (unpaired) electrons. The van der Waals surface area contributed by atoms with Crippen molar-refractivity contribution < 1.29 is 4.79 Å². The summed E-state index contributed by atoms with van der Waals surface area (Å²) < 4.78 is 0. The number of hydrogen-bond donors (Lipinski definition) is 1. The predicted molar refractivity (Wildman–Crippen MR) is 89.6 cm³/mol. The molecule has 3 heteroatoms. The molecule has 0 unspecified atom stereocenters. The maximum atomic E-state index is 12.2. The molecule has 1 aromatic carbocycles. The van der Waals surface area contributed by atoms with E-state index in [-0.39, 0.29) is 11.8 Å². The second-order valence-electron chi connectivity index (χ2n) is 6.36. The van der Waals surface area contributed by atoms with Crippen LogP contribution in [0.5, 0.6) is 0 Å². The van der Waals surface area contributed by atoms with Crippen molar-refractivity contribution >= 4 is 19.2 Å². The lowest BCUT2D eigenvalue weighted by atomic mass is 9.97. The third kappa shape index (κ3) is 3.60. The van der Waals surface area contributed by atoms with Gasteiger partial charge in [0.25, 0.3) is 0 Å². The standard InChI is InChI=1S/C17H27NOSi/c1-7-18-17(19)14(4)16(13(2)3)20(5,6)15-11-9-8-10-12-15/h7-14,16H,1H2,2-6H3,(H,18,19)/t14-,16-/m0/s1. The third-order valence-electron chi connectivity index (χ3n) is 4.27. The molecule has 0 aliphatic heterocycles. The molecule has 0 aliphatic rings. The number of carbonyl (C=O) groups is 1. The summed E-state index contributed by atoms with van der Waals surface area (Å²) in [6, 6.07) is 10.7. The Kier molecular flexibility index (Phi) is 5.75. The van der Waals surface area contributed by atoms with Crippen molar-refractivity contribution in [2.45, 2.75) is 39.4 Å². The van der Waals surface area contributed by atoms with Crippen LogP contribution in [0.15, 0.2) is 43.1 Å². The highest BCUT2D eigenvalue weighted by atomic mass is 28.3. The van der Waals surface area contributed by atoms with Gasteiger partial charge in [0.2, 0.25) is 5.91 Å². The number of rotatable bonds is 6. The molecular weight excluding hydrogens is 262 g/mol. The zero-order valence-corrected chi connectivity index (χ0v) is 14.3. The monoisotopic (exact) mass is 289 g/mol. The van der Waals surface area contributed by atoms with E-state index in [9.17, 15) is 4.79 Å². The average molecular weight is 289 g/mol. The van der Waals surface area contributed by atoms with Gasteiger partial charge in [0, 0.05) is 5.92 Å². The lowest BCUT2D eigenvalue weighted by Crippen LogP contribution is -2.52. The first-order valence-electron chi connectivity index (χ1n) is 7.29. The van der Waals surface area contributed by atoms with E-state index in [1.165, 1.54) is 11.4 Å².